The summed E-state index contributed by atoms with van der Waals surface area (Å²) in [4.78, 5) is 24.7. The number of likely N-dealkylation sites (tertiary alicyclic amines) is 1. The number of hydrogen-bond donors (Lipinski definition) is 4. The molecule has 8 rings (SSSR count). The van der Waals surface area contributed by atoms with Crippen LogP contribution in [0.25, 0.3) is 21.5 Å². The fourth-order valence-corrected chi connectivity index (χ4v) is 8.24. The summed E-state index contributed by atoms with van der Waals surface area (Å²) in [5.41, 5.74) is 1.61. The molecule has 2 saturated heterocycles. The lowest BCUT2D eigenvalue weighted by Crippen LogP contribution is -2.37. The van der Waals surface area contributed by atoms with Gasteiger partial charge < -0.3 is 26.0 Å². The summed E-state index contributed by atoms with van der Waals surface area (Å²) in [5.74, 6) is -1.29. The van der Waals surface area contributed by atoms with Crippen LogP contribution in [0.3, 0.4) is 0 Å². The van der Waals surface area contributed by atoms with Crippen molar-refractivity contribution in [3.8, 4) is 0 Å². The average molecular weight is 944 g/mol. The van der Waals surface area contributed by atoms with E-state index in [4.69, 9.17) is 5.11 Å². The Bertz CT molecular complexity index is 2470. The Hall–Kier alpha value is -5.18. The van der Waals surface area contributed by atoms with Crippen molar-refractivity contribution in [1.29, 1.82) is 0 Å². The van der Waals surface area contributed by atoms with E-state index in [-0.39, 0.29) is 54.8 Å². The number of carboxylic acid groups (broad SMARTS) is 1. The predicted octanol–water partition coefficient (Wildman–Crippen LogP) is 11.4. The van der Waals surface area contributed by atoms with E-state index >= 15 is 0 Å². The van der Waals surface area contributed by atoms with Crippen LogP contribution in [0.15, 0.2) is 133 Å². The minimum Gasteiger partial charge on any atom is -0.481 e. The molecule has 0 saturated carbocycles. The first kappa shape index (κ1) is 52.4. The van der Waals surface area contributed by atoms with E-state index in [1.807, 2.05) is 12.1 Å². The molecule has 0 aliphatic carbocycles. The van der Waals surface area contributed by atoms with Crippen LogP contribution in [-0.4, -0.2) is 60.1 Å². The smallest absolute Gasteiger partial charge is 0.416 e. The number of amides is 1. The molecule has 2 aliphatic heterocycles. The average Bonchev–Trinajstić information content (AvgIpc) is 3.96. The molecule has 6 aromatic rings. The van der Waals surface area contributed by atoms with Gasteiger partial charge in [-0.05, 0) is 89.2 Å². The molecular weight excluding hydrogens is 889 g/mol. The topological polar surface area (TPSA) is 93.7 Å². The molecule has 2 heterocycles. The maximum atomic E-state index is 12.9. The van der Waals surface area contributed by atoms with Crippen LogP contribution in [0.4, 0.5) is 26.3 Å². The van der Waals surface area contributed by atoms with Gasteiger partial charge in [-0.25, -0.2) is 0 Å². The van der Waals surface area contributed by atoms with Gasteiger partial charge in [0, 0.05) is 43.8 Å². The molecule has 4 N–H and O–H groups in total. The van der Waals surface area contributed by atoms with E-state index in [2.05, 4.69) is 103 Å². The van der Waals surface area contributed by atoms with Crippen LogP contribution < -0.4 is 16.0 Å². The van der Waals surface area contributed by atoms with Crippen molar-refractivity contribution in [2.24, 2.45) is 0 Å². The van der Waals surface area contributed by atoms with Crippen molar-refractivity contribution in [2.75, 3.05) is 26.2 Å². The molecule has 0 bridgehead atoms. The first-order valence-corrected chi connectivity index (χ1v) is 21.0. The molecule has 2 fully saturated rings. The van der Waals surface area contributed by atoms with Crippen molar-refractivity contribution in [3.05, 3.63) is 167 Å². The first-order valence-electron chi connectivity index (χ1n) is 21.0. The van der Waals surface area contributed by atoms with Gasteiger partial charge >= 0.3 is 18.3 Å². The van der Waals surface area contributed by atoms with Crippen molar-refractivity contribution in [3.63, 3.8) is 0 Å². The highest BCUT2D eigenvalue weighted by molar-refractivity contribution is 5.87. The molecular formula is C50H54Cl2F6N4O3. The number of nitrogens with one attached hydrogen (secondary N) is 3. The van der Waals surface area contributed by atoms with Crippen LogP contribution in [0.1, 0.15) is 72.2 Å². The van der Waals surface area contributed by atoms with Crippen LogP contribution in [0, 0.1) is 0 Å². The molecule has 0 spiro atoms. The van der Waals surface area contributed by atoms with Crippen molar-refractivity contribution < 1.29 is 41.0 Å². The number of carbonyl (C=O) groups excluding carboxylic acids is 1. The summed E-state index contributed by atoms with van der Waals surface area (Å²) in [7, 11) is 0. The Balaban J connectivity index is 0.000000231. The number of fused-ring (bicyclic) bond motifs is 2. The Morgan fingerprint density at radius 3 is 1.58 bits per heavy atom. The fraction of sp³-hybridized carbons (Fsp3) is 0.320. The molecule has 1 amide bonds. The van der Waals surface area contributed by atoms with Crippen molar-refractivity contribution in [1.82, 2.24) is 20.9 Å². The number of aliphatic carboxylic acids is 1. The van der Waals surface area contributed by atoms with Crippen molar-refractivity contribution >= 4 is 58.2 Å². The van der Waals surface area contributed by atoms with Gasteiger partial charge in [-0.15, -0.1) is 24.8 Å². The van der Waals surface area contributed by atoms with Gasteiger partial charge in [0.05, 0.1) is 24.0 Å². The van der Waals surface area contributed by atoms with Gasteiger partial charge in [-0.1, -0.05) is 121 Å². The number of halogens is 8. The van der Waals surface area contributed by atoms with Gasteiger partial charge in [-0.3, -0.25) is 9.59 Å². The third-order valence-electron chi connectivity index (χ3n) is 11.4. The van der Waals surface area contributed by atoms with Gasteiger partial charge in [0.15, 0.2) is 0 Å². The van der Waals surface area contributed by atoms with Gasteiger partial charge in [0.25, 0.3) is 0 Å². The third kappa shape index (κ3) is 14.9. The number of hydrogen-bond acceptors (Lipinski definition) is 5. The largest absolute Gasteiger partial charge is 0.481 e. The molecule has 0 unspecified atom stereocenters. The molecule has 7 nitrogen and oxygen atoms in total. The first-order chi connectivity index (χ1) is 30.0. The number of alkyl halides is 6. The minimum absolute atomic E-state index is 0. The molecule has 15 heteroatoms. The second-order valence-corrected chi connectivity index (χ2v) is 16.1. The lowest BCUT2D eigenvalue weighted by Gasteiger charge is -2.22. The molecule has 348 valence electrons. The van der Waals surface area contributed by atoms with E-state index in [0.717, 1.165) is 43.8 Å². The summed E-state index contributed by atoms with van der Waals surface area (Å²) in [6.45, 7) is 7.79. The van der Waals surface area contributed by atoms with Gasteiger partial charge in [0.2, 0.25) is 5.91 Å². The lowest BCUT2D eigenvalue weighted by molar-refractivity contribution is -0.138. The minimum atomic E-state index is -4.42. The van der Waals surface area contributed by atoms with Crippen molar-refractivity contribution in [2.45, 2.75) is 76.1 Å². The highest BCUT2D eigenvalue weighted by atomic mass is 35.5. The molecule has 4 atom stereocenters. The number of benzene rings is 6. The van der Waals surface area contributed by atoms with Gasteiger partial charge in [-0.2, -0.15) is 26.3 Å². The highest BCUT2D eigenvalue weighted by Gasteiger charge is 2.32. The second-order valence-electron chi connectivity index (χ2n) is 16.1. The fourth-order valence-electron chi connectivity index (χ4n) is 8.24. The maximum Gasteiger partial charge on any atom is 0.416 e. The van der Waals surface area contributed by atoms with E-state index in [1.165, 1.54) is 57.3 Å². The standard InChI is InChI=1S/C25H25F3N2O.C16H20N2.C9H7F3O2.2ClH/c1-17(22-11-5-8-19-7-2-3-10-23(19)22)29-21-12-13-30(16-21)24(31)15-18-6-4-9-20(14-18)25(26,27)28;1-12(18-14-9-10-17-11-14)15-8-4-6-13-5-2-3-7-16(13)15;10-9(11,12)7-3-1-2-6(4-7)5-8(13)14;;/h2-11,14,17,21,29H,12-13,15-16H2,1H3;2-8,12,14,17-18H,9-11H2,1H3;1-4H,5H2,(H,13,14);2*1H/t17-,21+;12-,14+;;;/m11.../s1. The molecule has 65 heavy (non-hydrogen) atoms. The normalized spacial score (nSPS) is 16.8. The summed E-state index contributed by atoms with van der Waals surface area (Å²) in [5, 5.41) is 24.2. The Kier molecular flexibility index (Phi) is 19.2. The zero-order valence-electron chi connectivity index (χ0n) is 36.0. The van der Waals surface area contributed by atoms with E-state index in [9.17, 15) is 35.9 Å². The van der Waals surface area contributed by atoms with Gasteiger partial charge in [0.1, 0.15) is 0 Å². The zero-order valence-corrected chi connectivity index (χ0v) is 37.6. The summed E-state index contributed by atoms with van der Waals surface area (Å²) >= 11 is 0. The lowest BCUT2D eigenvalue weighted by atomic mass is 9.99. The van der Waals surface area contributed by atoms with Crippen LogP contribution in [0.5, 0.6) is 0 Å². The Morgan fingerprint density at radius 2 is 1.11 bits per heavy atom. The second kappa shape index (κ2) is 23.8. The number of carbonyl (C=O) groups is 2. The molecule has 6 aromatic carbocycles. The highest BCUT2D eigenvalue weighted by Crippen LogP contribution is 2.31. The van der Waals surface area contributed by atoms with Crippen LogP contribution in [0.2, 0.25) is 0 Å². The van der Waals surface area contributed by atoms with Crippen LogP contribution >= 0.6 is 24.8 Å². The van der Waals surface area contributed by atoms with E-state index < -0.39 is 35.9 Å². The Labute approximate surface area is 387 Å². The number of carboxylic acids is 1. The molecule has 0 radical (unpaired) electrons. The number of nitrogens with zero attached hydrogens (tertiary/aromatic N) is 1. The quantitative estimate of drug-likeness (QED) is 0.102. The third-order valence-corrected chi connectivity index (χ3v) is 11.4. The number of rotatable bonds is 10. The monoisotopic (exact) mass is 942 g/mol. The summed E-state index contributed by atoms with van der Waals surface area (Å²) in [6.07, 6.45) is -7.19. The maximum absolute atomic E-state index is 12.9. The zero-order chi connectivity index (χ0) is 45.1. The van der Waals surface area contributed by atoms with Crippen LogP contribution in [-0.2, 0) is 34.8 Å². The van der Waals surface area contributed by atoms with E-state index in [1.54, 1.807) is 11.0 Å². The Morgan fingerprint density at radius 1 is 0.646 bits per heavy atom. The summed E-state index contributed by atoms with van der Waals surface area (Å²) < 4.78 is 75.2. The predicted molar refractivity (Wildman–Crippen MR) is 250 cm³/mol. The molecule has 0 aromatic heterocycles. The molecule has 2 aliphatic rings. The van der Waals surface area contributed by atoms with E-state index in [0.29, 0.717) is 30.7 Å². The summed E-state index contributed by atoms with van der Waals surface area (Å²) in [6, 6.07) is 40.3. The SMILES string of the molecule is C[C@@H](N[C@H]1CCN(C(=O)Cc2cccc(C(F)(F)F)c2)C1)c1cccc2ccccc12.C[C@@H](N[C@H]1CCNC1)c1cccc2ccccc12.Cl.Cl.O=C(O)Cc1cccc(C(F)(F)F)c1.